The van der Waals surface area contributed by atoms with Gasteiger partial charge in [0, 0.05) is 19.5 Å². The summed E-state index contributed by atoms with van der Waals surface area (Å²) in [6.07, 6.45) is 2.67. The molecule has 5 nitrogen and oxygen atoms in total. The van der Waals surface area contributed by atoms with Gasteiger partial charge in [-0.2, -0.15) is 0 Å². The van der Waals surface area contributed by atoms with Crippen LogP contribution in [0.5, 0.6) is 0 Å². The highest BCUT2D eigenvalue weighted by atomic mass is 16.3. The van der Waals surface area contributed by atoms with Crippen molar-refractivity contribution in [3.63, 3.8) is 0 Å². The fraction of sp³-hybridized carbons (Fsp3) is 0.818. The highest BCUT2D eigenvalue weighted by Crippen LogP contribution is 2.31. The third-order valence-electron chi connectivity index (χ3n) is 3.92. The van der Waals surface area contributed by atoms with E-state index in [9.17, 15) is 14.7 Å². The number of rotatable bonds is 0. The lowest BCUT2D eigenvalue weighted by Gasteiger charge is -2.44. The molecule has 3 saturated heterocycles. The third kappa shape index (κ3) is 1.27. The van der Waals surface area contributed by atoms with E-state index in [0.717, 1.165) is 19.3 Å². The van der Waals surface area contributed by atoms with Gasteiger partial charge in [-0.15, -0.1) is 0 Å². The summed E-state index contributed by atoms with van der Waals surface area (Å²) in [5.74, 6) is 0.0849. The van der Waals surface area contributed by atoms with E-state index in [1.165, 1.54) is 0 Å². The molecule has 16 heavy (non-hydrogen) atoms. The third-order valence-corrected chi connectivity index (χ3v) is 3.92. The second kappa shape index (κ2) is 3.45. The van der Waals surface area contributed by atoms with Crippen molar-refractivity contribution in [3.8, 4) is 0 Å². The molecular formula is C11H16N2O3. The van der Waals surface area contributed by atoms with Crippen LogP contribution < -0.4 is 0 Å². The van der Waals surface area contributed by atoms with Crippen molar-refractivity contribution in [3.05, 3.63) is 0 Å². The minimum atomic E-state index is -0.528. The zero-order valence-electron chi connectivity index (χ0n) is 9.13. The Labute approximate surface area is 94.0 Å². The van der Waals surface area contributed by atoms with Crippen LogP contribution in [0.15, 0.2) is 0 Å². The van der Waals surface area contributed by atoms with Gasteiger partial charge < -0.3 is 14.9 Å². The maximum Gasteiger partial charge on any atom is 0.246 e. The van der Waals surface area contributed by atoms with Crippen molar-refractivity contribution < 1.29 is 14.7 Å². The molecule has 0 radical (unpaired) electrons. The molecule has 0 unspecified atom stereocenters. The molecule has 0 spiro atoms. The highest BCUT2D eigenvalue weighted by Gasteiger charge is 2.50. The second-order valence-electron chi connectivity index (χ2n) is 4.94. The lowest BCUT2D eigenvalue weighted by molar-refractivity contribution is -0.161. The average molecular weight is 224 g/mol. The molecule has 5 heteroatoms. The maximum absolute atomic E-state index is 12.2. The van der Waals surface area contributed by atoms with E-state index < -0.39 is 12.1 Å². The molecule has 0 saturated carbocycles. The number of nitrogens with zero attached hydrogens (tertiary/aromatic N) is 2. The summed E-state index contributed by atoms with van der Waals surface area (Å²) in [7, 11) is 0. The summed E-state index contributed by atoms with van der Waals surface area (Å²) in [4.78, 5) is 27.6. The van der Waals surface area contributed by atoms with Crippen molar-refractivity contribution >= 4 is 11.8 Å². The van der Waals surface area contributed by atoms with Gasteiger partial charge in [-0.3, -0.25) is 9.59 Å². The molecule has 0 aliphatic carbocycles. The zero-order chi connectivity index (χ0) is 11.3. The van der Waals surface area contributed by atoms with Gasteiger partial charge in [0.25, 0.3) is 0 Å². The van der Waals surface area contributed by atoms with E-state index in [2.05, 4.69) is 0 Å². The first-order valence-corrected chi connectivity index (χ1v) is 5.97. The standard InChI is InChI=1S/C11H16N2O3/c14-7-5-9-11(16)12-4-2-1-3-8(12)10(15)13(9)6-7/h7-9,14H,1-6H2/t7-,8+,9+/m1/s1. The predicted molar refractivity (Wildman–Crippen MR) is 55.5 cm³/mol. The molecule has 3 rings (SSSR count). The molecule has 3 aliphatic heterocycles. The molecule has 3 heterocycles. The predicted octanol–water partition coefficient (Wildman–Crippen LogP) is -0.657. The van der Waals surface area contributed by atoms with Crippen molar-refractivity contribution in [1.82, 2.24) is 9.80 Å². The Morgan fingerprint density at radius 2 is 1.81 bits per heavy atom. The van der Waals surface area contributed by atoms with Gasteiger partial charge in [0.1, 0.15) is 12.1 Å². The molecule has 3 fully saturated rings. The van der Waals surface area contributed by atoms with Crippen molar-refractivity contribution in [2.45, 2.75) is 43.9 Å². The van der Waals surface area contributed by atoms with E-state index in [1.807, 2.05) is 0 Å². The first-order chi connectivity index (χ1) is 7.68. The molecule has 2 amide bonds. The molecule has 3 aliphatic rings. The number of fused-ring (bicyclic) bond motifs is 2. The van der Waals surface area contributed by atoms with E-state index in [4.69, 9.17) is 0 Å². The molecule has 3 atom stereocenters. The van der Waals surface area contributed by atoms with E-state index in [0.29, 0.717) is 19.5 Å². The van der Waals surface area contributed by atoms with E-state index >= 15 is 0 Å². The largest absolute Gasteiger partial charge is 0.391 e. The lowest BCUT2D eigenvalue weighted by atomic mass is 9.96. The Bertz CT molecular complexity index is 300. The summed E-state index contributed by atoms with van der Waals surface area (Å²) < 4.78 is 0. The van der Waals surface area contributed by atoms with Gasteiger partial charge in [-0.1, -0.05) is 0 Å². The summed E-state index contributed by atoms with van der Waals surface area (Å²) in [5, 5.41) is 9.56. The van der Waals surface area contributed by atoms with Crippen LogP contribution in [-0.4, -0.2) is 58.0 Å². The second-order valence-corrected chi connectivity index (χ2v) is 4.94. The van der Waals surface area contributed by atoms with Gasteiger partial charge in [0.2, 0.25) is 11.8 Å². The summed E-state index contributed by atoms with van der Waals surface area (Å²) in [5.41, 5.74) is 0. The van der Waals surface area contributed by atoms with Crippen LogP contribution in [0.4, 0.5) is 0 Å². The number of hydrogen-bond acceptors (Lipinski definition) is 3. The van der Waals surface area contributed by atoms with Gasteiger partial charge >= 0.3 is 0 Å². The Morgan fingerprint density at radius 1 is 1.06 bits per heavy atom. The summed E-state index contributed by atoms with van der Waals surface area (Å²) >= 11 is 0. The lowest BCUT2D eigenvalue weighted by Crippen LogP contribution is -2.63. The van der Waals surface area contributed by atoms with Crippen molar-refractivity contribution in [1.29, 1.82) is 0 Å². The molecule has 0 aromatic rings. The number of aliphatic hydroxyl groups excluding tert-OH is 1. The number of piperidine rings is 1. The van der Waals surface area contributed by atoms with E-state index in [-0.39, 0.29) is 17.9 Å². The quantitative estimate of drug-likeness (QED) is 0.594. The number of piperazine rings is 1. The first-order valence-electron chi connectivity index (χ1n) is 5.97. The number of hydrogen-bond donors (Lipinski definition) is 1. The van der Waals surface area contributed by atoms with Crippen LogP contribution in [0, 0.1) is 0 Å². The molecule has 0 aromatic carbocycles. The number of carbonyl (C=O) groups is 2. The molecule has 1 N–H and O–H groups in total. The highest BCUT2D eigenvalue weighted by molar-refractivity contribution is 5.97. The normalized spacial score (nSPS) is 38.7. The molecule has 88 valence electrons. The summed E-state index contributed by atoms with van der Waals surface area (Å²) in [6.45, 7) is 1.04. The Balaban J connectivity index is 1.91. The average Bonchev–Trinajstić information content (AvgIpc) is 2.68. The fourth-order valence-corrected chi connectivity index (χ4v) is 3.13. The Kier molecular flexibility index (Phi) is 2.17. The first kappa shape index (κ1) is 10.1. The number of carbonyl (C=O) groups excluding carboxylic acids is 2. The SMILES string of the molecule is O=C1[C@@H]2C[C@@H](O)CN2C(=O)[C@@H]2CCCCN12. The Morgan fingerprint density at radius 3 is 2.62 bits per heavy atom. The van der Waals surface area contributed by atoms with Crippen LogP contribution in [0.1, 0.15) is 25.7 Å². The smallest absolute Gasteiger partial charge is 0.246 e. The van der Waals surface area contributed by atoms with Gasteiger partial charge in [0.15, 0.2) is 0 Å². The monoisotopic (exact) mass is 224 g/mol. The zero-order valence-corrected chi connectivity index (χ0v) is 9.13. The minimum Gasteiger partial charge on any atom is -0.391 e. The van der Waals surface area contributed by atoms with Crippen LogP contribution in [0.25, 0.3) is 0 Å². The molecular weight excluding hydrogens is 208 g/mol. The summed E-state index contributed by atoms with van der Waals surface area (Å²) in [6, 6.07) is -0.639. The van der Waals surface area contributed by atoms with Crippen molar-refractivity contribution in [2.24, 2.45) is 0 Å². The fourth-order valence-electron chi connectivity index (χ4n) is 3.13. The molecule has 0 aromatic heterocycles. The van der Waals surface area contributed by atoms with Crippen LogP contribution in [-0.2, 0) is 9.59 Å². The maximum atomic E-state index is 12.2. The number of amides is 2. The molecule has 0 bridgehead atoms. The van der Waals surface area contributed by atoms with Crippen LogP contribution in [0.3, 0.4) is 0 Å². The van der Waals surface area contributed by atoms with Crippen LogP contribution >= 0.6 is 0 Å². The van der Waals surface area contributed by atoms with Gasteiger partial charge in [-0.25, -0.2) is 0 Å². The van der Waals surface area contributed by atoms with Gasteiger partial charge in [0.05, 0.1) is 6.10 Å². The minimum absolute atomic E-state index is 0.0425. The van der Waals surface area contributed by atoms with Crippen LogP contribution in [0.2, 0.25) is 0 Å². The van der Waals surface area contributed by atoms with E-state index in [1.54, 1.807) is 9.80 Å². The topological polar surface area (TPSA) is 60.9 Å². The van der Waals surface area contributed by atoms with Gasteiger partial charge in [-0.05, 0) is 19.3 Å². The Hall–Kier alpha value is -1.10. The number of aliphatic hydroxyl groups is 1. The van der Waals surface area contributed by atoms with Crippen molar-refractivity contribution in [2.75, 3.05) is 13.1 Å².